The molecule has 3 aromatic rings. The monoisotopic (exact) mass is 321 g/mol. The van der Waals surface area contributed by atoms with E-state index in [2.05, 4.69) is 10.4 Å². The summed E-state index contributed by atoms with van der Waals surface area (Å²) < 4.78 is 7.25. The van der Waals surface area contributed by atoms with Crippen LogP contribution in [-0.4, -0.2) is 22.3 Å². The fourth-order valence-electron chi connectivity index (χ4n) is 2.37. The number of benzene rings is 2. The van der Waals surface area contributed by atoms with Gasteiger partial charge in [-0.05, 0) is 24.6 Å². The molecule has 24 heavy (non-hydrogen) atoms. The van der Waals surface area contributed by atoms with Gasteiger partial charge in [-0.1, -0.05) is 48.5 Å². The van der Waals surface area contributed by atoms with Crippen LogP contribution in [0.5, 0.6) is 5.75 Å². The number of rotatable bonds is 6. The van der Waals surface area contributed by atoms with Crippen LogP contribution in [0, 0.1) is 6.92 Å². The van der Waals surface area contributed by atoms with Gasteiger partial charge < -0.3 is 10.1 Å². The zero-order chi connectivity index (χ0) is 16.8. The van der Waals surface area contributed by atoms with Crippen molar-refractivity contribution >= 4 is 11.7 Å². The van der Waals surface area contributed by atoms with Crippen LogP contribution in [0.3, 0.4) is 0 Å². The second-order valence-electron chi connectivity index (χ2n) is 5.46. The highest BCUT2D eigenvalue weighted by Crippen LogP contribution is 2.13. The lowest BCUT2D eigenvalue weighted by Gasteiger charge is -2.10. The summed E-state index contributed by atoms with van der Waals surface area (Å²) in [4.78, 5) is 12.1. The van der Waals surface area contributed by atoms with E-state index in [9.17, 15) is 4.79 Å². The topological polar surface area (TPSA) is 56.1 Å². The van der Waals surface area contributed by atoms with Crippen molar-refractivity contribution in [1.29, 1.82) is 0 Å². The lowest BCUT2D eigenvalue weighted by Crippen LogP contribution is -2.22. The predicted molar refractivity (Wildman–Crippen MR) is 93.1 cm³/mol. The fourth-order valence-corrected chi connectivity index (χ4v) is 2.37. The van der Waals surface area contributed by atoms with Crippen LogP contribution in [0.25, 0.3) is 0 Å². The minimum atomic E-state index is -0.215. The molecule has 1 amide bonds. The van der Waals surface area contributed by atoms with E-state index in [4.69, 9.17) is 4.74 Å². The number of hydrogen-bond donors (Lipinski definition) is 1. The summed E-state index contributed by atoms with van der Waals surface area (Å²) in [5.74, 6) is 1.12. The van der Waals surface area contributed by atoms with Gasteiger partial charge in [0.2, 0.25) is 0 Å². The molecule has 0 atom stereocenters. The molecule has 0 aliphatic rings. The van der Waals surface area contributed by atoms with Crippen molar-refractivity contribution in [2.45, 2.75) is 13.5 Å². The standard InChI is InChI=1S/C19H19N3O2/c1-15-12-18(22(21-15)13-16-8-4-2-5-9-16)20-19(23)14-24-17-10-6-3-7-11-17/h2-12H,13-14H2,1H3,(H,20,23). The number of nitrogens with one attached hydrogen (secondary N) is 1. The maximum atomic E-state index is 12.1. The second-order valence-corrected chi connectivity index (χ2v) is 5.46. The Bertz CT molecular complexity index is 798. The molecule has 3 rings (SSSR count). The van der Waals surface area contributed by atoms with Crippen LogP contribution in [-0.2, 0) is 11.3 Å². The number of hydrogen-bond acceptors (Lipinski definition) is 3. The van der Waals surface area contributed by atoms with Gasteiger partial charge in [-0.25, -0.2) is 4.68 Å². The second kappa shape index (κ2) is 7.46. The smallest absolute Gasteiger partial charge is 0.263 e. The van der Waals surface area contributed by atoms with Gasteiger partial charge in [0.1, 0.15) is 11.6 Å². The van der Waals surface area contributed by atoms with E-state index in [0.717, 1.165) is 11.3 Å². The van der Waals surface area contributed by atoms with E-state index in [1.165, 1.54) is 0 Å². The van der Waals surface area contributed by atoms with Crippen molar-refractivity contribution in [2.75, 3.05) is 11.9 Å². The molecule has 0 unspecified atom stereocenters. The van der Waals surface area contributed by atoms with Crippen molar-refractivity contribution in [2.24, 2.45) is 0 Å². The number of amides is 1. The average molecular weight is 321 g/mol. The lowest BCUT2D eigenvalue weighted by atomic mass is 10.2. The van der Waals surface area contributed by atoms with Gasteiger partial charge in [-0.15, -0.1) is 0 Å². The summed E-state index contributed by atoms with van der Waals surface area (Å²) in [6, 6.07) is 21.1. The number of ether oxygens (including phenoxy) is 1. The first-order chi connectivity index (χ1) is 11.7. The quantitative estimate of drug-likeness (QED) is 0.758. The Balaban J connectivity index is 1.63. The van der Waals surface area contributed by atoms with Gasteiger partial charge in [0.05, 0.1) is 12.2 Å². The molecular weight excluding hydrogens is 302 g/mol. The van der Waals surface area contributed by atoms with Gasteiger partial charge in [-0.3, -0.25) is 4.79 Å². The molecule has 0 saturated carbocycles. The summed E-state index contributed by atoms with van der Waals surface area (Å²) in [5, 5.41) is 7.30. The summed E-state index contributed by atoms with van der Waals surface area (Å²) in [5.41, 5.74) is 1.97. The predicted octanol–water partition coefficient (Wildman–Crippen LogP) is 3.26. The van der Waals surface area contributed by atoms with E-state index in [1.807, 2.05) is 73.7 Å². The first kappa shape index (κ1) is 15.8. The number of aromatic nitrogens is 2. The van der Waals surface area contributed by atoms with Crippen molar-refractivity contribution in [3.8, 4) is 5.75 Å². The summed E-state index contributed by atoms with van der Waals surface area (Å²) in [7, 11) is 0. The zero-order valence-electron chi connectivity index (χ0n) is 13.5. The number of para-hydroxylation sites is 1. The summed E-state index contributed by atoms with van der Waals surface area (Å²) in [6.07, 6.45) is 0. The van der Waals surface area contributed by atoms with E-state index in [0.29, 0.717) is 18.1 Å². The van der Waals surface area contributed by atoms with Crippen molar-refractivity contribution in [3.63, 3.8) is 0 Å². The van der Waals surface area contributed by atoms with Crippen molar-refractivity contribution in [1.82, 2.24) is 9.78 Å². The number of anilines is 1. The molecule has 0 fully saturated rings. The third-order valence-electron chi connectivity index (χ3n) is 3.46. The maximum Gasteiger partial charge on any atom is 0.263 e. The Morgan fingerprint density at radius 2 is 1.75 bits per heavy atom. The Labute approximate surface area is 140 Å². The Hall–Kier alpha value is -3.08. The molecule has 0 spiro atoms. The van der Waals surface area contributed by atoms with Crippen LogP contribution in [0.2, 0.25) is 0 Å². The molecular formula is C19H19N3O2. The molecule has 1 N–H and O–H groups in total. The SMILES string of the molecule is Cc1cc(NC(=O)COc2ccccc2)n(Cc2ccccc2)n1. The molecule has 0 radical (unpaired) electrons. The van der Waals surface area contributed by atoms with Gasteiger partial charge in [-0.2, -0.15) is 5.10 Å². The zero-order valence-corrected chi connectivity index (χ0v) is 13.5. The molecule has 2 aromatic carbocycles. The van der Waals surface area contributed by atoms with E-state index >= 15 is 0 Å². The van der Waals surface area contributed by atoms with Crippen LogP contribution in [0.1, 0.15) is 11.3 Å². The molecule has 1 heterocycles. The van der Waals surface area contributed by atoms with Gasteiger partial charge in [0.15, 0.2) is 6.61 Å². The van der Waals surface area contributed by atoms with Crippen LogP contribution in [0.15, 0.2) is 66.7 Å². The molecule has 0 bridgehead atoms. The first-order valence-electron chi connectivity index (χ1n) is 7.77. The van der Waals surface area contributed by atoms with Crippen molar-refractivity contribution < 1.29 is 9.53 Å². The molecule has 0 saturated heterocycles. The average Bonchev–Trinajstić information content (AvgIpc) is 2.94. The minimum Gasteiger partial charge on any atom is -0.484 e. The number of aryl methyl sites for hydroxylation is 1. The highest BCUT2D eigenvalue weighted by Gasteiger charge is 2.10. The van der Waals surface area contributed by atoms with E-state index in [-0.39, 0.29) is 12.5 Å². The van der Waals surface area contributed by atoms with E-state index in [1.54, 1.807) is 4.68 Å². The first-order valence-corrected chi connectivity index (χ1v) is 7.77. The van der Waals surface area contributed by atoms with Gasteiger partial charge in [0, 0.05) is 6.07 Å². The lowest BCUT2D eigenvalue weighted by molar-refractivity contribution is -0.118. The van der Waals surface area contributed by atoms with Gasteiger partial charge >= 0.3 is 0 Å². The molecule has 1 aromatic heterocycles. The maximum absolute atomic E-state index is 12.1. The van der Waals surface area contributed by atoms with Crippen LogP contribution < -0.4 is 10.1 Å². The molecule has 122 valence electrons. The number of carbonyl (C=O) groups excluding carboxylic acids is 1. The Kier molecular flexibility index (Phi) is 4.91. The Morgan fingerprint density at radius 3 is 2.46 bits per heavy atom. The number of carbonyl (C=O) groups is 1. The normalized spacial score (nSPS) is 10.4. The highest BCUT2D eigenvalue weighted by molar-refractivity contribution is 5.91. The van der Waals surface area contributed by atoms with E-state index < -0.39 is 0 Å². The largest absolute Gasteiger partial charge is 0.484 e. The van der Waals surface area contributed by atoms with Crippen molar-refractivity contribution in [3.05, 3.63) is 78.0 Å². The summed E-state index contributed by atoms with van der Waals surface area (Å²) >= 11 is 0. The van der Waals surface area contributed by atoms with Crippen LogP contribution in [0.4, 0.5) is 5.82 Å². The summed E-state index contributed by atoms with van der Waals surface area (Å²) in [6.45, 7) is 2.46. The minimum absolute atomic E-state index is 0.0421. The fraction of sp³-hybridized carbons (Fsp3) is 0.158. The third-order valence-corrected chi connectivity index (χ3v) is 3.46. The number of nitrogens with zero attached hydrogens (tertiary/aromatic N) is 2. The highest BCUT2D eigenvalue weighted by atomic mass is 16.5. The third kappa shape index (κ3) is 4.23. The van der Waals surface area contributed by atoms with Crippen LogP contribution >= 0.6 is 0 Å². The Morgan fingerprint density at radius 1 is 1.08 bits per heavy atom. The van der Waals surface area contributed by atoms with Gasteiger partial charge in [0.25, 0.3) is 5.91 Å². The molecule has 0 aliphatic carbocycles. The molecule has 5 heteroatoms. The molecule has 0 aliphatic heterocycles. The molecule has 5 nitrogen and oxygen atoms in total.